The molecule has 1 aromatic carbocycles. The second-order valence-electron chi connectivity index (χ2n) is 4.32. The smallest absolute Gasteiger partial charge is 0.219 e. The number of nitrogens with two attached hydrogens (primary N) is 1. The summed E-state index contributed by atoms with van der Waals surface area (Å²) in [7, 11) is 0. The molecule has 5 heteroatoms. The van der Waals surface area contributed by atoms with Gasteiger partial charge in [-0.15, -0.1) is 12.6 Å². The first-order valence-electron chi connectivity index (χ1n) is 5.93. The first-order valence-corrected chi connectivity index (χ1v) is 6.38. The Kier molecular flexibility index (Phi) is 4.16. The van der Waals surface area contributed by atoms with Crippen LogP contribution in [-0.2, 0) is 0 Å². The van der Waals surface area contributed by atoms with Gasteiger partial charge in [0.15, 0.2) is 0 Å². The fourth-order valence-corrected chi connectivity index (χ4v) is 1.62. The third-order valence-corrected chi connectivity index (χ3v) is 2.56. The second kappa shape index (κ2) is 5.84. The fraction of sp³-hybridized carbons (Fsp3) is 0.214. The molecule has 1 aromatic heterocycles. The van der Waals surface area contributed by atoms with Crippen molar-refractivity contribution in [2.45, 2.75) is 24.8 Å². The van der Waals surface area contributed by atoms with Gasteiger partial charge in [0.05, 0.1) is 11.8 Å². The minimum Gasteiger partial charge on any atom is -0.489 e. The van der Waals surface area contributed by atoms with Crippen molar-refractivity contribution in [1.29, 1.82) is 0 Å². The van der Waals surface area contributed by atoms with Gasteiger partial charge in [-0.2, -0.15) is 0 Å². The van der Waals surface area contributed by atoms with Crippen LogP contribution in [0, 0.1) is 0 Å². The minimum absolute atomic E-state index is 0.0548. The lowest BCUT2D eigenvalue weighted by atomic mass is 10.3. The molecular weight excluding hydrogens is 260 g/mol. The molecule has 0 aliphatic carbocycles. The van der Waals surface area contributed by atoms with Crippen LogP contribution in [-0.4, -0.2) is 11.1 Å². The molecule has 100 valence electrons. The van der Waals surface area contributed by atoms with Crippen molar-refractivity contribution >= 4 is 18.3 Å². The molecule has 19 heavy (non-hydrogen) atoms. The Labute approximate surface area is 118 Å². The van der Waals surface area contributed by atoms with Gasteiger partial charge in [0, 0.05) is 23.2 Å². The Morgan fingerprint density at radius 1 is 1.21 bits per heavy atom. The molecule has 0 aliphatic heterocycles. The van der Waals surface area contributed by atoms with Gasteiger partial charge in [-0.25, -0.2) is 4.98 Å². The fourth-order valence-electron chi connectivity index (χ4n) is 1.49. The molecule has 2 aromatic rings. The zero-order valence-electron chi connectivity index (χ0n) is 10.8. The Balaban J connectivity index is 2.18. The average Bonchev–Trinajstić information content (AvgIpc) is 2.36. The minimum atomic E-state index is 0.0548. The molecule has 0 saturated heterocycles. The van der Waals surface area contributed by atoms with E-state index in [1.54, 1.807) is 30.5 Å². The summed E-state index contributed by atoms with van der Waals surface area (Å²) < 4.78 is 11.2. The molecule has 0 bridgehead atoms. The molecule has 0 spiro atoms. The van der Waals surface area contributed by atoms with E-state index in [1.165, 1.54) is 0 Å². The number of thiol groups is 1. The van der Waals surface area contributed by atoms with Crippen molar-refractivity contribution in [1.82, 2.24) is 4.98 Å². The highest BCUT2D eigenvalue weighted by Gasteiger charge is 2.06. The first-order chi connectivity index (χ1) is 9.04. The second-order valence-corrected chi connectivity index (χ2v) is 4.84. The molecule has 0 radical (unpaired) electrons. The van der Waals surface area contributed by atoms with Crippen molar-refractivity contribution in [3.05, 3.63) is 36.5 Å². The van der Waals surface area contributed by atoms with Crippen molar-refractivity contribution in [3.63, 3.8) is 0 Å². The highest BCUT2D eigenvalue weighted by Crippen LogP contribution is 2.30. The molecular formula is C14H16N2O2S. The predicted octanol–water partition coefficient (Wildman–Crippen LogP) is 3.53. The molecule has 0 atom stereocenters. The van der Waals surface area contributed by atoms with Crippen molar-refractivity contribution < 1.29 is 9.47 Å². The van der Waals surface area contributed by atoms with Gasteiger partial charge >= 0.3 is 0 Å². The van der Waals surface area contributed by atoms with Crippen LogP contribution in [0.25, 0.3) is 0 Å². The van der Waals surface area contributed by atoms with E-state index >= 15 is 0 Å². The number of nitrogen functional groups attached to an aromatic ring is 1. The summed E-state index contributed by atoms with van der Waals surface area (Å²) in [6.07, 6.45) is 1.68. The quantitative estimate of drug-likeness (QED) is 0.662. The topological polar surface area (TPSA) is 57.4 Å². The van der Waals surface area contributed by atoms with E-state index in [1.807, 2.05) is 19.9 Å². The number of nitrogens with zero attached hydrogens (tertiary/aromatic N) is 1. The lowest BCUT2D eigenvalue weighted by Gasteiger charge is -2.13. The molecule has 2 N–H and O–H groups in total. The molecule has 4 nitrogen and oxygen atoms in total. The standard InChI is InChI=1S/C14H16N2O2S/c1-9(2)17-13-7-10(3-5-12(13)15)18-14-6-4-11(19)8-16-14/h3-9,19H,15H2,1-2H3. The van der Waals surface area contributed by atoms with Gasteiger partial charge in [0.25, 0.3) is 0 Å². The number of anilines is 1. The van der Waals surface area contributed by atoms with Crippen molar-refractivity contribution in [3.8, 4) is 17.4 Å². The summed E-state index contributed by atoms with van der Waals surface area (Å²) in [6, 6.07) is 8.85. The van der Waals surface area contributed by atoms with Gasteiger partial charge in [-0.3, -0.25) is 0 Å². The van der Waals surface area contributed by atoms with Crippen LogP contribution < -0.4 is 15.2 Å². The van der Waals surface area contributed by atoms with Crippen molar-refractivity contribution in [2.75, 3.05) is 5.73 Å². The van der Waals surface area contributed by atoms with Crippen LogP contribution in [0.4, 0.5) is 5.69 Å². The Morgan fingerprint density at radius 3 is 2.63 bits per heavy atom. The molecule has 0 amide bonds. The van der Waals surface area contributed by atoms with E-state index in [-0.39, 0.29) is 6.10 Å². The van der Waals surface area contributed by atoms with Gasteiger partial charge in [0.1, 0.15) is 11.5 Å². The number of aromatic nitrogens is 1. The third kappa shape index (κ3) is 3.79. The number of pyridine rings is 1. The summed E-state index contributed by atoms with van der Waals surface area (Å²) >= 11 is 4.17. The van der Waals surface area contributed by atoms with Crippen LogP contribution in [0.1, 0.15) is 13.8 Å². The van der Waals surface area contributed by atoms with E-state index in [4.69, 9.17) is 15.2 Å². The molecule has 0 fully saturated rings. The predicted molar refractivity (Wildman–Crippen MR) is 78.2 cm³/mol. The van der Waals surface area contributed by atoms with E-state index in [2.05, 4.69) is 17.6 Å². The maximum Gasteiger partial charge on any atom is 0.219 e. The molecule has 1 heterocycles. The lowest BCUT2D eigenvalue weighted by Crippen LogP contribution is -2.07. The number of hydrogen-bond donors (Lipinski definition) is 2. The Hall–Kier alpha value is -1.88. The maximum atomic E-state index is 5.84. The lowest BCUT2D eigenvalue weighted by molar-refractivity contribution is 0.243. The number of rotatable bonds is 4. The van der Waals surface area contributed by atoms with E-state index in [0.717, 1.165) is 4.90 Å². The Morgan fingerprint density at radius 2 is 2.00 bits per heavy atom. The van der Waals surface area contributed by atoms with E-state index in [9.17, 15) is 0 Å². The highest BCUT2D eigenvalue weighted by atomic mass is 32.1. The third-order valence-electron chi connectivity index (χ3n) is 2.29. The highest BCUT2D eigenvalue weighted by molar-refractivity contribution is 7.80. The van der Waals surface area contributed by atoms with Crippen LogP contribution in [0.5, 0.6) is 17.4 Å². The summed E-state index contributed by atoms with van der Waals surface area (Å²) in [5.41, 5.74) is 6.43. The van der Waals surface area contributed by atoms with Gasteiger partial charge < -0.3 is 15.2 Å². The normalized spacial score (nSPS) is 10.5. The zero-order chi connectivity index (χ0) is 13.8. The van der Waals surface area contributed by atoms with Gasteiger partial charge in [0.2, 0.25) is 5.88 Å². The van der Waals surface area contributed by atoms with Gasteiger partial charge in [-0.05, 0) is 32.0 Å². The number of benzene rings is 1. The van der Waals surface area contributed by atoms with Crippen LogP contribution >= 0.6 is 12.6 Å². The largest absolute Gasteiger partial charge is 0.489 e. The van der Waals surface area contributed by atoms with Crippen molar-refractivity contribution in [2.24, 2.45) is 0 Å². The molecule has 2 rings (SSSR count). The first kappa shape index (κ1) is 13.5. The molecule has 0 saturated carbocycles. The summed E-state index contributed by atoms with van der Waals surface area (Å²) in [6.45, 7) is 3.89. The van der Waals surface area contributed by atoms with Gasteiger partial charge in [-0.1, -0.05) is 0 Å². The number of hydrogen-bond acceptors (Lipinski definition) is 5. The van der Waals surface area contributed by atoms with Crippen LogP contribution in [0.3, 0.4) is 0 Å². The monoisotopic (exact) mass is 276 g/mol. The Bertz CT molecular complexity index is 556. The van der Waals surface area contributed by atoms with E-state index < -0.39 is 0 Å². The zero-order valence-corrected chi connectivity index (χ0v) is 11.7. The number of ether oxygens (including phenoxy) is 2. The van der Waals surface area contributed by atoms with E-state index in [0.29, 0.717) is 23.1 Å². The average molecular weight is 276 g/mol. The SMILES string of the molecule is CC(C)Oc1cc(Oc2ccc(S)cn2)ccc1N. The summed E-state index contributed by atoms with van der Waals surface area (Å²) in [4.78, 5) is 4.90. The van der Waals surface area contributed by atoms with Crippen LogP contribution in [0.15, 0.2) is 41.4 Å². The summed E-state index contributed by atoms with van der Waals surface area (Å²) in [5, 5.41) is 0. The maximum absolute atomic E-state index is 5.84. The molecule has 0 unspecified atom stereocenters. The molecule has 0 aliphatic rings. The summed E-state index contributed by atoms with van der Waals surface area (Å²) in [5.74, 6) is 1.74. The van der Waals surface area contributed by atoms with Crippen LogP contribution in [0.2, 0.25) is 0 Å².